The monoisotopic (exact) mass is 276 g/mol. The first-order valence-electron chi connectivity index (χ1n) is 6.22. The zero-order chi connectivity index (χ0) is 13.8. The summed E-state index contributed by atoms with van der Waals surface area (Å²) in [5, 5.41) is 0. The van der Waals surface area contributed by atoms with Crippen molar-refractivity contribution in [3.8, 4) is 0 Å². The van der Waals surface area contributed by atoms with Gasteiger partial charge in [-0.15, -0.1) is 0 Å². The SMILES string of the molecule is Fc1cccc(CN2CCN(CC(F)F)CC2)c1F. The van der Waals surface area contributed by atoms with Gasteiger partial charge in [0.2, 0.25) is 0 Å². The van der Waals surface area contributed by atoms with Gasteiger partial charge in [-0.25, -0.2) is 17.6 Å². The van der Waals surface area contributed by atoms with Crippen molar-refractivity contribution in [1.29, 1.82) is 0 Å². The summed E-state index contributed by atoms with van der Waals surface area (Å²) in [5.41, 5.74) is 0.308. The molecule has 0 spiro atoms. The van der Waals surface area contributed by atoms with E-state index < -0.39 is 18.1 Å². The van der Waals surface area contributed by atoms with Gasteiger partial charge in [0.15, 0.2) is 11.6 Å². The molecule has 19 heavy (non-hydrogen) atoms. The second-order valence-electron chi connectivity index (χ2n) is 4.68. The highest BCUT2D eigenvalue weighted by atomic mass is 19.3. The summed E-state index contributed by atoms with van der Waals surface area (Å²) < 4.78 is 51.0. The van der Waals surface area contributed by atoms with E-state index in [1.807, 2.05) is 4.90 Å². The predicted molar refractivity (Wildman–Crippen MR) is 64.1 cm³/mol. The smallest absolute Gasteiger partial charge is 0.251 e. The highest BCUT2D eigenvalue weighted by Crippen LogP contribution is 2.15. The predicted octanol–water partition coefficient (Wildman–Crippen LogP) is 2.35. The number of alkyl halides is 2. The molecule has 1 aromatic rings. The molecule has 0 atom stereocenters. The molecular formula is C13H16F4N2. The minimum Gasteiger partial charge on any atom is -0.296 e. The summed E-state index contributed by atoms with van der Waals surface area (Å²) in [6.07, 6.45) is -2.33. The molecule has 106 valence electrons. The molecule has 0 unspecified atom stereocenters. The Hall–Kier alpha value is -1.14. The van der Waals surface area contributed by atoms with Crippen molar-refractivity contribution >= 4 is 0 Å². The normalized spacial score (nSPS) is 18.2. The Morgan fingerprint density at radius 1 is 1.00 bits per heavy atom. The van der Waals surface area contributed by atoms with Gasteiger partial charge in [0.25, 0.3) is 6.43 Å². The highest BCUT2D eigenvalue weighted by molar-refractivity contribution is 5.18. The Balaban J connectivity index is 1.87. The summed E-state index contributed by atoms with van der Waals surface area (Å²) >= 11 is 0. The molecule has 1 fully saturated rings. The molecule has 0 amide bonds. The van der Waals surface area contributed by atoms with Crippen molar-refractivity contribution in [2.75, 3.05) is 32.7 Å². The van der Waals surface area contributed by atoms with Gasteiger partial charge in [-0.05, 0) is 6.07 Å². The molecule has 0 aliphatic carbocycles. The quantitative estimate of drug-likeness (QED) is 0.779. The molecule has 2 nitrogen and oxygen atoms in total. The van der Waals surface area contributed by atoms with Crippen molar-refractivity contribution in [3.05, 3.63) is 35.4 Å². The van der Waals surface area contributed by atoms with Crippen LogP contribution in [-0.4, -0.2) is 48.9 Å². The number of rotatable bonds is 4. The summed E-state index contributed by atoms with van der Waals surface area (Å²) in [7, 11) is 0. The van der Waals surface area contributed by atoms with E-state index in [2.05, 4.69) is 0 Å². The van der Waals surface area contributed by atoms with E-state index in [1.165, 1.54) is 6.07 Å². The van der Waals surface area contributed by atoms with Gasteiger partial charge in [0.1, 0.15) is 0 Å². The fourth-order valence-electron chi connectivity index (χ4n) is 2.24. The molecule has 2 rings (SSSR count). The lowest BCUT2D eigenvalue weighted by Gasteiger charge is -2.34. The number of nitrogens with zero attached hydrogens (tertiary/aromatic N) is 2. The molecule has 1 aromatic carbocycles. The van der Waals surface area contributed by atoms with Crippen LogP contribution in [0.1, 0.15) is 5.56 Å². The minimum absolute atomic E-state index is 0.220. The summed E-state index contributed by atoms with van der Waals surface area (Å²) in [4.78, 5) is 3.63. The first-order valence-corrected chi connectivity index (χ1v) is 6.22. The van der Waals surface area contributed by atoms with Crippen LogP contribution in [0.15, 0.2) is 18.2 Å². The number of hydrogen-bond acceptors (Lipinski definition) is 2. The summed E-state index contributed by atoms with van der Waals surface area (Å²) in [6.45, 7) is 2.32. The average Bonchev–Trinajstić information content (AvgIpc) is 2.37. The minimum atomic E-state index is -2.33. The fourth-order valence-corrected chi connectivity index (χ4v) is 2.24. The van der Waals surface area contributed by atoms with E-state index in [4.69, 9.17) is 0 Å². The van der Waals surface area contributed by atoms with E-state index in [-0.39, 0.29) is 6.54 Å². The Morgan fingerprint density at radius 3 is 2.26 bits per heavy atom. The lowest BCUT2D eigenvalue weighted by atomic mass is 10.1. The Morgan fingerprint density at radius 2 is 1.63 bits per heavy atom. The van der Waals surface area contributed by atoms with Gasteiger partial charge >= 0.3 is 0 Å². The Bertz CT molecular complexity index is 417. The van der Waals surface area contributed by atoms with Crippen LogP contribution in [0.2, 0.25) is 0 Å². The molecule has 0 bridgehead atoms. The summed E-state index contributed by atoms with van der Waals surface area (Å²) in [5.74, 6) is -1.67. The number of halogens is 4. The van der Waals surface area contributed by atoms with Crippen LogP contribution in [0, 0.1) is 11.6 Å². The molecule has 0 N–H and O–H groups in total. The molecule has 1 aliphatic rings. The highest BCUT2D eigenvalue weighted by Gasteiger charge is 2.20. The second kappa shape index (κ2) is 6.34. The Labute approximate surface area is 109 Å². The maximum absolute atomic E-state index is 13.5. The standard InChI is InChI=1S/C13H16F4N2/c14-11-3-1-2-10(13(11)17)8-18-4-6-19(7-5-18)9-12(15)16/h1-3,12H,4-9H2. The maximum atomic E-state index is 13.5. The van der Waals surface area contributed by atoms with Gasteiger partial charge in [-0.3, -0.25) is 9.80 Å². The van der Waals surface area contributed by atoms with Crippen molar-refractivity contribution < 1.29 is 17.6 Å². The molecule has 0 aromatic heterocycles. The maximum Gasteiger partial charge on any atom is 0.251 e. The molecule has 1 saturated heterocycles. The van der Waals surface area contributed by atoms with Crippen LogP contribution in [0.25, 0.3) is 0 Å². The lowest BCUT2D eigenvalue weighted by molar-refractivity contribution is 0.0540. The van der Waals surface area contributed by atoms with Gasteiger partial charge in [0, 0.05) is 38.3 Å². The third kappa shape index (κ3) is 3.91. The van der Waals surface area contributed by atoms with Crippen LogP contribution >= 0.6 is 0 Å². The molecule has 1 heterocycles. The van der Waals surface area contributed by atoms with Gasteiger partial charge in [-0.1, -0.05) is 12.1 Å². The van der Waals surface area contributed by atoms with Crippen LogP contribution in [0.4, 0.5) is 17.6 Å². The lowest BCUT2D eigenvalue weighted by Crippen LogP contribution is -2.47. The largest absolute Gasteiger partial charge is 0.296 e. The number of piperazine rings is 1. The topological polar surface area (TPSA) is 6.48 Å². The van der Waals surface area contributed by atoms with E-state index in [9.17, 15) is 17.6 Å². The van der Waals surface area contributed by atoms with Crippen LogP contribution in [0.5, 0.6) is 0 Å². The first kappa shape index (κ1) is 14.3. The van der Waals surface area contributed by atoms with Crippen molar-refractivity contribution in [3.63, 3.8) is 0 Å². The number of hydrogen-bond donors (Lipinski definition) is 0. The number of benzene rings is 1. The second-order valence-corrected chi connectivity index (χ2v) is 4.68. The third-order valence-electron chi connectivity index (χ3n) is 3.29. The molecular weight excluding hydrogens is 260 g/mol. The zero-order valence-electron chi connectivity index (χ0n) is 10.5. The van der Waals surface area contributed by atoms with Gasteiger partial charge < -0.3 is 0 Å². The van der Waals surface area contributed by atoms with E-state index in [0.717, 1.165) is 6.07 Å². The van der Waals surface area contributed by atoms with E-state index in [1.54, 1.807) is 11.0 Å². The third-order valence-corrected chi connectivity index (χ3v) is 3.29. The molecule has 0 saturated carbocycles. The molecule has 6 heteroatoms. The fraction of sp³-hybridized carbons (Fsp3) is 0.538. The molecule has 1 aliphatic heterocycles. The van der Waals surface area contributed by atoms with Crippen LogP contribution in [0.3, 0.4) is 0 Å². The van der Waals surface area contributed by atoms with Crippen LogP contribution < -0.4 is 0 Å². The van der Waals surface area contributed by atoms with E-state index in [0.29, 0.717) is 38.3 Å². The van der Waals surface area contributed by atoms with Gasteiger partial charge in [0.05, 0.1) is 6.54 Å². The van der Waals surface area contributed by atoms with Crippen molar-refractivity contribution in [2.24, 2.45) is 0 Å². The average molecular weight is 276 g/mol. The zero-order valence-corrected chi connectivity index (χ0v) is 10.5. The van der Waals surface area contributed by atoms with E-state index >= 15 is 0 Å². The van der Waals surface area contributed by atoms with Gasteiger partial charge in [-0.2, -0.15) is 0 Å². The van der Waals surface area contributed by atoms with Crippen molar-refractivity contribution in [2.45, 2.75) is 13.0 Å². The van der Waals surface area contributed by atoms with Crippen LogP contribution in [-0.2, 0) is 6.54 Å². The van der Waals surface area contributed by atoms with Crippen molar-refractivity contribution in [1.82, 2.24) is 9.80 Å². The Kier molecular flexibility index (Phi) is 4.76. The first-order chi connectivity index (χ1) is 9.06. The molecule has 0 radical (unpaired) electrons. The summed E-state index contributed by atoms with van der Waals surface area (Å²) in [6, 6.07) is 4.10.